The van der Waals surface area contributed by atoms with E-state index in [1.165, 1.54) is 11.3 Å². The Morgan fingerprint density at radius 1 is 1.08 bits per heavy atom. The van der Waals surface area contributed by atoms with Crippen LogP contribution in [0, 0.1) is 0 Å². The zero-order valence-corrected chi connectivity index (χ0v) is 15.2. The predicted molar refractivity (Wildman–Crippen MR) is 105 cm³/mol. The summed E-state index contributed by atoms with van der Waals surface area (Å²) in [6.07, 6.45) is 4.44. The van der Waals surface area contributed by atoms with Crippen molar-refractivity contribution in [2.75, 3.05) is 25.5 Å². The molecule has 0 bridgehead atoms. The Morgan fingerprint density at radius 2 is 1.85 bits per heavy atom. The maximum Gasteiger partial charge on any atom is 0.251 e. The number of nitrogens with zero attached hydrogens (tertiary/aromatic N) is 3. The lowest BCUT2D eigenvalue weighted by Crippen LogP contribution is -2.27. The van der Waals surface area contributed by atoms with Gasteiger partial charge in [-0.1, -0.05) is 30.3 Å². The number of aromatic nitrogens is 2. The highest BCUT2D eigenvalue weighted by Crippen LogP contribution is 2.13. The first-order valence-corrected chi connectivity index (χ1v) is 8.73. The van der Waals surface area contributed by atoms with Gasteiger partial charge in [-0.2, -0.15) is 5.10 Å². The lowest BCUT2D eigenvalue weighted by molar-refractivity contribution is 0.0953. The second-order valence-electron chi connectivity index (χ2n) is 6.43. The van der Waals surface area contributed by atoms with Crippen LogP contribution in [-0.4, -0.2) is 36.3 Å². The van der Waals surface area contributed by atoms with Crippen LogP contribution in [0.1, 0.15) is 21.5 Å². The van der Waals surface area contributed by atoms with Crippen molar-refractivity contribution in [1.82, 2.24) is 15.1 Å². The van der Waals surface area contributed by atoms with E-state index in [0.717, 1.165) is 12.0 Å². The highest BCUT2D eigenvalue weighted by atomic mass is 16.1. The second kappa shape index (κ2) is 8.34. The fraction of sp³-hybridized carbons (Fsp3) is 0.238. The lowest BCUT2D eigenvalue weighted by atomic mass is 10.1. The van der Waals surface area contributed by atoms with Crippen LogP contribution in [0.3, 0.4) is 0 Å². The zero-order valence-electron chi connectivity index (χ0n) is 15.2. The van der Waals surface area contributed by atoms with E-state index in [9.17, 15) is 4.79 Å². The molecule has 3 aromatic rings. The van der Waals surface area contributed by atoms with Crippen molar-refractivity contribution in [3.63, 3.8) is 0 Å². The molecular formula is C21H24N4O. The first kappa shape index (κ1) is 17.7. The Labute approximate surface area is 154 Å². The van der Waals surface area contributed by atoms with Gasteiger partial charge in [0, 0.05) is 44.3 Å². The van der Waals surface area contributed by atoms with Crippen LogP contribution < -0.4 is 10.2 Å². The molecular weight excluding hydrogens is 324 g/mol. The second-order valence-corrected chi connectivity index (χ2v) is 6.43. The average Bonchev–Trinajstić information content (AvgIpc) is 3.15. The van der Waals surface area contributed by atoms with Crippen LogP contribution >= 0.6 is 0 Å². The summed E-state index contributed by atoms with van der Waals surface area (Å²) in [5.41, 5.74) is 4.04. The van der Waals surface area contributed by atoms with Crippen molar-refractivity contribution in [2.45, 2.75) is 13.0 Å². The highest BCUT2D eigenvalue weighted by molar-refractivity contribution is 5.95. The third kappa shape index (κ3) is 4.51. The molecule has 0 fully saturated rings. The first-order chi connectivity index (χ1) is 12.6. The van der Waals surface area contributed by atoms with Crippen LogP contribution in [-0.2, 0) is 13.0 Å². The normalized spacial score (nSPS) is 10.5. The summed E-state index contributed by atoms with van der Waals surface area (Å²) in [6.45, 7) is 1.19. The van der Waals surface area contributed by atoms with Gasteiger partial charge in [0.1, 0.15) is 0 Å². The van der Waals surface area contributed by atoms with Crippen LogP contribution in [0.4, 0.5) is 5.69 Å². The summed E-state index contributed by atoms with van der Waals surface area (Å²) in [5, 5.41) is 7.24. The number of carbonyl (C=O) groups is 1. The zero-order chi connectivity index (χ0) is 18.4. The summed E-state index contributed by atoms with van der Waals surface area (Å²) >= 11 is 0. The average molecular weight is 348 g/mol. The maximum atomic E-state index is 12.6. The van der Waals surface area contributed by atoms with Crippen LogP contribution in [0.2, 0.25) is 0 Å². The van der Waals surface area contributed by atoms with Gasteiger partial charge in [0.15, 0.2) is 0 Å². The van der Waals surface area contributed by atoms with E-state index in [4.69, 9.17) is 0 Å². The van der Waals surface area contributed by atoms with Crippen molar-refractivity contribution < 1.29 is 4.79 Å². The number of anilines is 1. The topological polar surface area (TPSA) is 50.2 Å². The van der Waals surface area contributed by atoms with Crippen LogP contribution in [0.25, 0.3) is 0 Å². The van der Waals surface area contributed by atoms with E-state index in [2.05, 4.69) is 39.6 Å². The van der Waals surface area contributed by atoms with Crippen molar-refractivity contribution in [2.24, 2.45) is 0 Å². The van der Waals surface area contributed by atoms with Crippen molar-refractivity contribution in [3.8, 4) is 0 Å². The molecule has 1 aromatic heterocycles. The minimum Gasteiger partial charge on any atom is -0.378 e. The minimum absolute atomic E-state index is 0.0438. The molecule has 0 saturated heterocycles. The van der Waals surface area contributed by atoms with Crippen molar-refractivity contribution in [3.05, 3.63) is 83.7 Å². The standard InChI is InChI=1S/C21H24N4O/c1-24(2)19-10-8-17(9-11-19)12-14-22-21(26)20-7-4-3-6-18(20)16-25-15-5-13-23-25/h3-11,13,15H,12,14,16H2,1-2H3,(H,22,26). The maximum absolute atomic E-state index is 12.6. The molecule has 0 aliphatic carbocycles. The Morgan fingerprint density at radius 3 is 2.54 bits per heavy atom. The van der Waals surface area contributed by atoms with Crippen LogP contribution in [0.15, 0.2) is 67.0 Å². The number of benzene rings is 2. The number of amides is 1. The molecule has 1 amide bonds. The summed E-state index contributed by atoms with van der Waals surface area (Å²) < 4.78 is 1.82. The Bertz CT molecular complexity index is 839. The Hall–Kier alpha value is -3.08. The summed E-state index contributed by atoms with van der Waals surface area (Å²) in [4.78, 5) is 14.7. The van der Waals surface area contributed by atoms with Gasteiger partial charge in [0.05, 0.1) is 6.54 Å². The third-order valence-electron chi connectivity index (χ3n) is 4.31. The van der Waals surface area contributed by atoms with Crippen LogP contribution in [0.5, 0.6) is 0 Å². The number of hydrogen-bond acceptors (Lipinski definition) is 3. The summed E-state index contributed by atoms with van der Waals surface area (Å²) in [6, 6.07) is 17.9. The highest BCUT2D eigenvalue weighted by Gasteiger charge is 2.11. The fourth-order valence-electron chi connectivity index (χ4n) is 2.82. The van der Waals surface area contributed by atoms with Gasteiger partial charge >= 0.3 is 0 Å². The fourth-order valence-corrected chi connectivity index (χ4v) is 2.82. The van der Waals surface area contributed by atoms with Gasteiger partial charge in [0.2, 0.25) is 0 Å². The van der Waals surface area contributed by atoms with E-state index >= 15 is 0 Å². The van der Waals surface area contributed by atoms with Gasteiger partial charge in [-0.05, 0) is 41.8 Å². The van der Waals surface area contributed by atoms with Crippen molar-refractivity contribution in [1.29, 1.82) is 0 Å². The molecule has 1 heterocycles. The third-order valence-corrected chi connectivity index (χ3v) is 4.31. The van der Waals surface area contributed by atoms with Gasteiger partial charge in [-0.3, -0.25) is 9.48 Å². The Balaban J connectivity index is 1.58. The number of nitrogens with one attached hydrogen (secondary N) is 1. The monoisotopic (exact) mass is 348 g/mol. The van der Waals surface area contributed by atoms with E-state index < -0.39 is 0 Å². The largest absolute Gasteiger partial charge is 0.378 e. The smallest absolute Gasteiger partial charge is 0.251 e. The van der Waals surface area contributed by atoms with E-state index in [1.54, 1.807) is 6.20 Å². The number of rotatable bonds is 7. The molecule has 26 heavy (non-hydrogen) atoms. The number of hydrogen-bond donors (Lipinski definition) is 1. The lowest BCUT2D eigenvalue weighted by Gasteiger charge is -2.13. The van der Waals surface area contributed by atoms with E-state index in [1.807, 2.05) is 55.3 Å². The van der Waals surface area contributed by atoms with Crippen molar-refractivity contribution >= 4 is 11.6 Å². The molecule has 134 valence electrons. The molecule has 0 spiro atoms. The minimum atomic E-state index is -0.0438. The SMILES string of the molecule is CN(C)c1ccc(CCNC(=O)c2ccccc2Cn2cccn2)cc1. The quantitative estimate of drug-likeness (QED) is 0.714. The molecule has 1 N–H and O–H groups in total. The molecule has 0 unspecified atom stereocenters. The van der Waals surface area contributed by atoms with Gasteiger partial charge < -0.3 is 10.2 Å². The molecule has 5 heteroatoms. The molecule has 5 nitrogen and oxygen atoms in total. The Kier molecular flexibility index (Phi) is 5.69. The molecule has 0 saturated carbocycles. The molecule has 0 aliphatic heterocycles. The van der Waals surface area contributed by atoms with Gasteiger partial charge in [-0.25, -0.2) is 0 Å². The van der Waals surface area contributed by atoms with E-state index in [-0.39, 0.29) is 5.91 Å². The molecule has 3 rings (SSSR count). The molecule has 0 atom stereocenters. The molecule has 0 radical (unpaired) electrons. The number of carbonyl (C=O) groups excluding carboxylic acids is 1. The molecule has 0 aliphatic rings. The molecule has 2 aromatic carbocycles. The van der Waals surface area contributed by atoms with E-state index in [0.29, 0.717) is 18.7 Å². The first-order valence-electron chi connectivity index (χ1n) is 8.73. The summed E-state index contributed by atoms with van der Waals surface area (Å²) in [7, 11) is 4.05. The van der Waals surface area contributed by atoms with Gasteiger partial charge in [0.25, 0.3) is 5.91 Å². The van der Waals surface area contributed by atoms with Gasteiger partial charge in [-0.15, -0.1) is 0 Å². The summed E-state index contributed by atoms with van der Waals surface area (Å²) in [5.74, 6) is -0.0438. The predicted octanol–water partition coefficient (Wildman–Crippen LogP) is 2.97.